The van der Waals surface area contributed by atoms with Crippen molar-refractivity contribution in [1.29, 1.82) is 0 Å². The molecule has 5 nitrogen and oxygen atoms in total. The summed E-state index contributed by atoms with van der Waals surface area (Å²) < 4.78 is 10.7. The van der Waals surface area contributed by atoms with Gasteiger partial charge >= 0.3 is 11.9 Å². The minimum Gasteiger partial charge on any atom is -0.462 e. The maximum atomic E-state index is 12.2. The van der Waals surface area contributed by atoms with E-state index in [4.69, 9.17) is 9.47 Å². The Bertz CT molecular complexity index is 1090. The minimum absolute atomic E-state index is 0.0738. The minimum atomic E-state index is -0.785. The molecule has 0 spiro atoms. The number of unbranched alkanes of at least 4 members (excludes halogenated alkanes) is 38. The zero-order chi connectivity index (χ0) is 47.7. The van der Waals surface area contributed by atoms with Gasteiger partial charge in [-0.3, -0.25) is 9.59 Å². The topological polar surface area (TPSA) is 72.8 Å². The molecule has 1 unspecified atom stereocenters. The summed E-state index contributed by atoms with van der Waals surface area (Å²) in [7, 11) is 0. The van der Waals surface area contributed by atoms with Gasteiger partial charge in [-0.05, 0) is 51.4 Å². The summed E-state index contributed by atoms with van der Waals surface area (Å²) in [5.74, 6) is -0.607. The fourth-order valence-electron chi connectivity index (χ4n) is 8.79. The Morgan fingerprint density at radius 1 is 0.364 bits per heavy atom. The molecule has 0 bridgehead atoms. The van der Waals surface area contributed by atoms with Gasteiger partial charge in [-0.25, -0.2) is 0 Å². The number of aliphatic hydroxyl groups excluding tert-OH is 1. The van der Waals surface area contributed by atoms with Gasteiger partial charge in [0.25, 0.3) is 0 Å². The van der Waals surface area contributed by atoms with E-state index in [9.17, 15) is 14.7 Å². The second-order valence-electron chi connectivity index (χ2n) is 19.7. The highest BCUT2D eigenvalue weighted by molar-refractivity contribution is 5.70. The van der Waals surface area contributed by atoms with Crippen molar-refractivity contribution in [2.75, 3.05) is 13.2 Å². The van der Waals surface area contributed by atoms with Crippen LogP contribution in [0.4, 0.5) is 0 Å². The number of carbonyl (C=O) groups is 2. The van der Waals surface area contributed by atoms with Crippen molar-refractivity contribution in [3.63, 3.8) is 0 Å². The first kappa shape index (κ1) is 63.9. The van der Waals surface area contributed by atoms with Crippen LogP contribution in [0.5, 0.6) is 0 Å². The highest BCUT2D eigenvalue weighted by Gasteiger charge is 2.16. The molecule has 0 aromatic rings. The molecule has 0 aromatic carbocycles. The highest BCUT2D eigenvalue weighted by atomic mass is 16.6. The molecule has 0 amide bonds. The van der Waals surface area contributed by atoms with Gasteiger partial charge in [0, 0.05) is 12.8 Å². The number of ether oxygens (including phenoxy) is 2. The van der Waals surface area contributed by atoms with Gasteiger partial charge in [-0.15, -0.1) is 0 Å². The van der Waals surface area contributed by atoms with Crippen LogP contribution in [-0.2, 0) is 19.1 Å². The normalized spacial score (nSPS) is 12.5. The lowest BCUT2D eigenvalue weighted by molar-refractivity contribution is -0.161. The zero-order valence-electron chi connectivity index (χ0n) is 44.2. The SMILES string of the molecule is CC/C=C\C/C=C\C/C=C\C/C=C\CCCCCCC(=O)OC(CO)COC(=O)CCCCCCCCCCCCCCCCCCCCCCCCCCCCCCCCCCCCC. The number of hydrogen-bond donors (Lipinski definition) is 1. The van der Waals surface area contributed by atoms with Crippen LogP contribution in [0.3, 0.4) is 0 Å². The molecule has 0 aliphatic heterocycles. The highest BCUT2D eigenvalue weighted by Crippen LogP contribution is 2.18. The lowest BCUT2D eigenvalue weighted by Gasteiger charge is -2.15. The molecule has 1 atom stereocenters. The number of carbonyl (C=O) groups excluding carboxylic acids is 2. The summed E-state index contributed by atoms with van der Waals surface area (Å²) in [4.78, 5) is 24.5. The van der Waals surface area contributed by atoms with Crippen molar-refractivity contribution >= 4 is 11.9 Å². The van der Waals surface area contributed by atoms with Crippen LogP contribution in [0.1, 0.15) is 309 Å². The van der Waals surface area contributed by atoms with E-state index in [2.05, 4.69) is 62.5 Å². The van der Waals surface area contributed by atoms with E-state index in [1.165, 1.54) is 205 Å². The maximum Gasteiger partial charge on any atom is 0.306 e. The first-order valence-corrected chi connectivity index (χ1v) is 29.2. The Morgan fingerprint density at radius 3 is 0.985 bits per heavy atom. The van der Waals surface area contributed by atoms with Crippen LogP contribution in [-0.4, -0.2) is 36.4 Å². The molecule has 0 radical (unpaired) electrons. The molecule has 0 saturated heterocycles. The monoisotopic (exact) mass is 925 g/mol. The van der Waals surface area contributed by atoms with Crippen molar-refractivity contribution < 1.29 is 24.2 Å². The molecule has 0 aliphatic carbocycles. The van der Waals surface area contributed by atoms with Gasteiger partial charge in [-0.2, -0.15) is 0 Å². The van der Waals surface area contributed by atoms with E-state index in [1.807, 2.05) is 0 Å². The number of aliphatic hydroxyl groups is 1. The van der Waals surface area contributed by atoms with E-state index in [1.54, 1.807) is 0 Å². The summed E-state index contributed by atoms with van der Waals surface area (Å²) in [5, 5.41) is 9.63. The van der Waals surface area contributed by atoms with Crippen LogP contribution in [0.25, 0.3) is 0 Å². The van der Waals surface area contributed by atoms with E-state index >= 15 is 0 Å². The molecule has 0 heterocycles. The third kappa shape index (κ3) is 54.5. The average Bonchev–Trinajstić information content (AvgIpc) is 3.32. The number of rotatable bonds is 54. The molecule has 66 heavy (non-hydrogen) atoms. The third-order valence-corrected chi connectivity index (χ3v) is 13.1. The van der Waals surface area contributed by atoms with Crippen molar-refractivity contribution in [3.05, 3.63) is 48.6 Å². The summed E-state index contributed by atoms with van der Waals surface area (Å²) in [5.41, 5.74) is 0. The molecule has 0 aliphatic rings. The molecule has 0 aromatic heterocycles. The van der Waals surface area contributed by atoms with Crippen LogP contribution < -0.4 is 0 Å². The Hall–Kier alpha value is -2.14. The first-order valence-electron chi connectivity index (χ1n) is 29.2. The van der Waals surface area contributed by atoms with Gasteiger partial charge in [0.2, 0.25) is 0 Å². The number of esters is 2. The van der Waals surface area contributed by atoms with Crippen LogP contribution in [0, 0.1) is 0 Å². The third-order valence-electron chi connectivity index (χ3n) is 13.1. The Morgan fingerprint density at radius 2 is 0.652 bits per heavy atom. The second-order valence-corrected chi connectivity index (χ2v) is 19.7. The van der Waals surface area contributed by atoms with Crippen LogP contribution >= 0.6 is 0 Å². The molecular weight excluding hydrogens is 813 g/mol. The first-order chi connectivity index (χ1) is 32.6. The van der Waals surface area contributed by atoms with Crippen molar-refractivity contribution in [2.24, 2.45) is 0 Å². The molecule has 1 N–H and O–H groups in total. The smallest absolute Gasteiger partial charge is 0.306 e. The van der Waals surface area contributed by atoms with Crippen molar-refractivity contribution in [3.8, 4) is 0 Å². The quantitative estimate of drug-likeness (QED) is 0.0374. The van der Waals surface area contributed by atoms with Gasteiger partial charge < -0.3 is 14.6 Å². The Kier molecular flexibility index (Phi) is 55.3. The van der Waals surface area contributed by atoms with E-state index < -0.39 is 6.10 Å². The van der Waals surface area contributed by atoms with E-state index in [-0.39, 0.29) is 25.2 Å². The molecule has 0 saturated carbocycles. The summed E-state index contributed by atoms with van der Waals surface area (Å²) in [6.45, 7) is 4.04. The fraction of sp³-hybridized carbons (Fsp3) is 0.836. The van der Waals surface area contributed by atoms with Crippen molar-refractivity contribution in [2.45, 2.75) is 315 Å². The fourth-order valence-corrected chi connectivity index (χ4v) is 8.79. The number of allylic oxidation sites excluding steroid dienone is 8. The Labute approximate surface area is 411 Å². The molecule has 5 heteroatoms. The number of hydrogen-bond acceptors (Lipinski definition) is 5. The predicted molar refractivity (Wildman–Crippen MR) is 288 cm³/mol. The maximum absolute atomic E-state index is 12.2. The van der Waals surface area contributed by atoms with Gasteiger partial charge in [0.05, 0.1) is 6.61 Å². The zero-order valence-corrected chi connectivity index (χ0v) is 44.2. The molecule has 386 valence electrons. The lowest BCUT2D eigenvalue weighted by Crippen LogP contribution is -2.28. The lowest BCUT2D eigenvalue weighted by atomic mass is 10.0. The Balaban J connectivity index is 3.40. The standard InChI is InChI=1S/C61H112O5/c1-3-5-7-9-11-13-15-17-19-21-22-23-24-25-26-27-28-29-30-31-32-33-34-35-36-37-38-40-41-43-45-47-49-51-53-55-60(63)65-58-59(57-62)66-61(64)56-54-52-50-48-46-44-42-39-20-18-16-14-12-10-8-6-4-2/h6,8,12,14,18,20,42,44,59,62H,3-5,7,9-11,13,15-17,19,21-41,43,45-58H2,1-2H3/b8-6-,14-12-,20-18-,44-42-. The van der Waals surface area contributed by atoms with Crippen LogP contribution in [0.15, 0.2) is 48.6 Å². The van der Waals surface area contributed by atoms with Gasteiger partial charge in [0.1, 0.15) is 6.61 Å². The van der Waals surface area contributed by atoms with Crippen molar-refractivity contribution in [1.82, 2.24) is 0 Å². The molecule has 0 fully saturated rings. The summed E-state index contributed by atoms with van der Waals surface area (Å²) >= 11 is 0. The second kappa shape index (κ2) is 57.2. The average molecular weight is 926 g/mol. The van der Waals surface area contributed by atoms with E-state index in [0.717, 1.165) is 77.0 Å². The van der Waals surface area contributed by atoms with Gasteiger partial charge in [0.15, 0.2) is 6.10 Å². The summed E-state index contributed by atoms with van der Waals surface area (Å²) in [6, 6.07) is 0. The predicted octanol–water partition coefficient (Wildman–Crippen LogP) is 19.6. The van der Waals surface area contributed by atoms with Crippen LogP contribution in [0.2, 0.25) is 0 Å². The van der Waals surface area contributed by atoms with E-state index in [0.29, 0.717) is 12.8 Å². The molecule has 0 rings (SSSR count). The summed E-state index contributed by atoms with van der Waals surface area (Å²) in [6.07, 6.45) is 75.5. The largest absolute Gasteiger partial charge is 0.462 e. The molecular formula is C61H112O5. The van der Waals surface area contributed by atoms with Gasteiger partial charge in [-0.1, -0.05) is 294 Å².